The number of nitrogens with zero attached hydrogens (tertiary/aromatic N) is 1. The third-order valence-corrected chi connectivity index (χ3v) is 1.95. The topological polar surface area (TPSA) is 39.2 Å². The van der Waals surface area contributed by atoms with Gasteiger partial charge in [-0.25, -0.2) is 4.79 Å². The van der Waals surface area contributed by atoms with Gasteiger partial charge in [-0.2, -0.15) is 26.3 Å². The van der Waals surface area contributed by atoms with Gasteiger partial charge in [0.2, 0.25) is 0 Å². The highest BCUT2D eigenvalue weighted by Crippen LogP contribution is 2.38. The average Bonchev–Trinajstić information content (AvgIpc) is 2.24. The zero-order valence-corrected chi connectivity index (χ0v) is 8.69. The molecule has 0 spiro atoms. The molecule has 1 aromatic rings. The number of carbonyl (C=O) groups is 1. The molecule has 1 heterocycles. The molecule has 100 valence electrons. The Labute approximate surface area is 96.4 Å². The number of methoxy groups -OCH3 is 1. The Morgan fingerprint density at radius 1 is 1.06 bits per heavy atom. The van der Waals surface area contributed by atoms with Crippen molar-refractivity contribution in [1.82, 2.24) is 4.98 Å². The van der Waals surface area contributed by atoms with Crippen LogP contribution >= 0.6 is 0 Å². The summed E-state index contributed by atoms with van der Waals surface area (Å²) in [5, 5.41) is 0. The van der Waals surface area contributed by atoms with E-state index in [2.05, 4.69) is 9.72 Å². The molecule has 9 heteroatoms. The summed E-state index contributed by atoms with van der Waals surface area (Å²) in [7, 11) is 0.684. The van der Waals surface area contributed by atoms with Gasteiger partial charge in [-0.15, -0.1) is 0 Å². The van der Waals surface area contributed by atoms with Gasteiger partial charge in [0, 0.05) is 12.4 Å². The largest absolute Gasteiger partial charge is 0.465 e. The van der Waals surface area contributed by atoms with E-state index >= 15 is 0 Å². The van der Waals surface area contributed by atoms with Gasteiger partial charge in [-0.05, 0) is 0 Å². The predicted molar refractivity (Wildman–Crippen MR) is 45.6 cm³/mol. The lowest BCUT2D eigenvalue weighted by atomic mass is 10.0. The summed E-state index contributed by atoms with van der Waals surface area (Å²) in [6.07, 6.45) is -10.0. The molecule has 0 aliphatic carbocycles. The molecule has 0 unspecified atom stereocenters. The summed E-state index contributed by atoms with van der Waals surface area (Å²) in [6, 6.07) is 0. The highest BCUT2D eigenvalue weighted by atomic mass is 19.4. The molecule has 0 aliphatic heterocycles. The van der Waals surface area contributed by atoms with Crippen LogP contribution in [0.25, 0.3) is 0 Å². The number of carbonyl (C=O) groups excluding carboxylic acids is 1. The standard InChI is InChI=1S/C9H5F6NO2/c1-18-7(17)6-4(8(10,11)12)2-16-3-5(6)9(13,14)15/h2-3H,1H3. The molecule has 0 radical (unpaired) electrons. The Kier molecular flexibility index (Phi) is 3.54. The number of rotatable bonds is 1. The molecule has 0 bridgehead atoms. The van der Waals surface area contributed by atoms with Gasteiger partial charge in [0.05, 0.1) is 23.8 Å². The third kappa shape index (κ3) is 2.71. The first-order valence-electron chi connectivity index (χ1n) is 4.29. The van der Waals surface area contributed by atoms with Crippen molar-refractivity contribution in [2.24, 2.45) is 0 Å². The van der Waals surface area contributed by atoms with Crippen LogP contribution in [0.15, 0.2) is 12.4 Å². The number of hydrogen-bond acceptors (Lipinski definition) is 3. The minimum absolute atomic E-state index is 0.140. The molecular formula is C9H5F6NO2. The fourth-order valence-electron chi connectivity index (χ4n) is 1.21. The van der Waals surface area contributed by atoms with E-state index in [0.717, 1.165) is 0 Å². The van der Waals surface area contributed by atoms with E-state index in [9.17, 15) is 31.1 Å². The van der Waals surface area contributed by atoms with E-state index in [0.29, 0.717) is 7.11 Å². The first-order valence-corrected chi connectivity index (χ1v) is 4.29. The van der Waals surface area contributed by atoms with Crippen molar-refractivity contribution in [2.45, 2.75) is 12.4 Å². The summed E-state index contributed by atoms with van der Waals surface area (Å²) in [4.78, 5) is 13.9. The van der Waals surface area contributed by atoms with E-state index in [4.69, 9.17) is 0 Å². The first-order chi connectivity index (χ1) is 8.09. The van der Waals surface area contributed by atoms with E-state index < -0.39 is 35.0 Å². The Morgan fingerprint density at radius 3 is 1.72 bits per heavy atom. The monoisotopic (exact) mass is 273 g/mol. The molecule has 0 atom stereocenters. The van der Waals surface area contributed by atoms with E-state index in [1.54, 1.807) is 0 Å². The van der Waals surface area contributed by atoms with Crippen LogP contribution in [0.1, 0.15) is 21.5 Å². The Hall–Kier alpha value is -1.80. The molecule has 18 heavy (non-hydrogen) atoms. The maximum Gasteiger partial charge on any atom is 0.418 e. The number of pyridine rings is 1. The van der Waals surface area contributed by atoms with E-state index in [-0.39, 0.29) is 12.4 Å². The number of halogens is 6. The highest BCUT2D eigenvalue weighted by molar-refractivity contribution is 5.93. The van der Waals surface area contributed by atoms with Crippen LogP contribution in [-0.2, 0) is 17.1 Å². The molecule has 0 aromatic carbocycles. The average molecular weight is 273 g/mol. The summed E-state index contributed by atoms with van der Waals surface area (Å²) >= 11 is 0. The first kappa shape index (κ1) is 14.3. The van der Waals surface area contributed by atoms with Crippen LogP contribution in [0, 0.1) is 0 Å². The summed E-state index contributed by atoms with van der Waals surface area (Å²) in [5.41, 5.74) is -5.17. The fourth-order valence-corrected chi connectivity index (χ4v) is 1.21. The van der Waals surface area contributed by atoms with Gasteiger partial charge in [-0.3, -0.25) is 4.98 Å². The van der Waals surface area contributed by atoms with Crippen LogP contribution in [0.4, 0.5) is 26.3 Å². The van der Waals surface area contributed by atoms with Crippen LogP contribution in [-0.4, -0.2) is 18.1 Å². The lowest BCUT2D eigenvalue weighted by Crippen LogP contribution is -2.21. The maximum atomic E-state index is 12.5. The van der Waals surface area contributed by atoms with Crippen molar-refractivity contribution in [3.63, 3.8) is 0 Å². The molecule has 0 aliphatic rings. The number of hydrogen-bond donors (Lipinski definition) is 0. The van der Waals surface area contributed by atoms with Crippen molar-refractivity contribution in [3.05, 3.63) is 29.1 Å². The summed E-state index contributed by atoms with van der Waals surface area (Å²) in [6.45, 7) is 0. The van der Waals surface area contributed by atoms with Crippen LogP contribution in [0.3, 0.4) is 0 Å². The molecule has 3 nitrogen and oxygen atoms in total. The Morgan fingerprint density at radius 2 is 1.44 bits per heavy atom. The van der Waals surface area contributed by atoms with Crippen molar-refractivity contribution in [1.29, 1.82) is 0 Å². The lowest BCUT2D eigenvalue weighted by molar-refractivity contribution is -0.144. The van der Waals surface area contributed by atoms with Crippen molar-refractivity contribution in [3.8, 4) is 0 Å². The maximum absolute atomic E-state index is 12.5. The van der Waals surface area contributed by atoms with Gasteiger partial charge in [0.15, 0.2) is 0 Å². The van der Waals surface area contributed by atoms with Gasteiger partial charge < -0.3 is 4.74 Å². The summed E-state index contributed by atoms with van der Waals surface area (Å²) in [5.74, 6) is -1.72. The predicted octanol–water partition coefficient (Wildman–Crippen LogP) is 2.91. The molecule has 1 aromatic heterocycles. The van der Waals surface area contributed by atoms with Gasteiger partial charge >= 0.3 is 18.3 Å². The number of ether oxygens (including phenoxy) is 1. The van der Waals surface area contributed by atoms with Crippen molar-refractivity contribution >= 4 is 5.97 Å². The van der Waals surface area contributed by atoms with E-state index in [1.165, 1.54) is 0 Å². The number of alkyl halides is 6. The number of aromatic nitrogens is 1. The van der Waals surface area contributed by atoms with Crippen LogP contribution < -0.4 is 0 Å². The molecule has 0 saturated heterocycles. The molecular weight excluding hydrogens is 268 g/mol. The second kappa shape index (κ2) is 4.46. The SMILES string of the molecule is COC(=O)c1c(C(F)(F)F)cncc1C(F)(F)F. The minimum atomic E-state index is -5.14. The second-order valence-electron chi connectivity index (χ2n) is 3.10. The zero-order valence-electron chi connectivity index (χ0n) is 8.69. The number of esters is 1. The molecule has 0 saturated carbocycles. The Balaban J connectivity index is 3.61. The van der Waals surface area contributed by atoms with Gasteiger partial charge in [-0.1, -0.05) is 0 Å². The normalized spacial score (nSPS) is 12.4. The summed E-state index contributed by atoms with van der Waals surface area (Å²) < 4.78 is 78.9. The fraction of sp³-hybridized carbons (Fsp3) is 0.333. The minimum Gasteiger partial charge on any atom is -0.465 e. The van der Waals surface area contributed by atoms with E-state index in [1.807, 2.05) is 0 Å². The highest BCUT2D eigenvalue weighted by Gasteiger charge is 2.43. The molecule has 0 fully saturated rings. The van der Waals surface area contributed by atoms with Gasteiger partial charge in [0.1, 0.15) is 0 Å². The Bertz CT molecular complexity index is 433. The smallest absolute Gasteiger partial charge is 0.418 e. The van der Waals surface area contributed by atoms with Crippen LogP contribution in [0.5, 0.6) is 0 Å². The third-order valence-electron chi connectivity index (χ3n) is 1.95. The second-order valence-corrected chi connectivity index (χ2v) is 3.10. The van der Waals surface area contributed by atoms with Crippen molar-refractivity contribution in [2.75, 3.05) is 7.11 Å². The molecule has 0 N–H and O–H groups in total. The molecule has 0 amide bonds. The van der Waals surface area contributed by atoms with Gasteiger partial charge in [0.25, 0.3) is 0 Å². The van der Waals surface area contributed by atoms with Crippen LogP contribution in [0.2, 0.25) is 0 Å². The zero-order chi connectivity index (χ0) is 14.1. The molecule has 1 rings (SSSR count). The van der Waals surface area contributed by atoms with Crippen molar-refractivity contribution < 1.29 is 35.9 Å². The quantitative estimate of drug-likeness (QED) is 0.583. The lowest BCUT2D eigenvalue weighted by Gasteiger charge is -2.16.